The highest BCUT2D eigenvalue weighted by Gasteiger charge is 2.07. The molecule has 2 rings (SSSR count). The number of nitriles is 1. The Morgan fingerprint density at radius 1 is 1.20 bits per heavy atom. The lowest BCUT2D eigenvalue weighted by Crippen LogP contribution is -2.13. The summed E-state index contributed by atoms with van der Waals surface area (Å²) >= 11 is 3.30. The summed E-state index contributed by atoms with van der Waals surface area (Å²) in [6, 6.07) is 17.1. The second kappa shape index (κ2) is 6.88. The van der Waals surface area contributed by atoms with E-state index < -0.39 is 0 Å². The van der Waals surface area contributed by atoms with Crippen molar-refractivity contribution in [3.63, 3.8) is 0 Å². The molecule has 0 fully saturated rings. The molecule has 1 N–H and O–H groups in total. The summed E-state index contributed by atoms with van der Waals surface area (Å²) in [7, 11) is 0. The van der Waals surface area contributed by atoms with Crippen LogP contribution >= 0.6 is 15.9 Å². The highest BCUT2D eigenvalue weighted by atomic mass is 79.9. The first-order valence-corrected chi connectivity index (χ1v) is 7.02. The fourth-order valence-corrected chi connectivity index (χ4v) is 2.19. The van der Waals surface area contributed by atoms with E-state index in [0.717, 1.165) is 10.0 Å². The van der Waals surface area contributed by atoms with E-state index >= 15 is 0 Å². The van der Waals surface area contributed by atoms with E-state index in [1.54, 1.807) is 18.2 Å². The summed E-state index contributed by atoms with van der Waals surface area (Å²) in [5, 5.41) is 11.8. The standard InChI is InChI=1S/C16H13BrN2O/c17-14-7-8-15(13(10-14)11-18)19-16(20)9-6-12-4-2-1-3-5-12/h1-5,7-8,10H,6,9H2,(H,19,20). The van der Waals surface area contributed by atoms with Crippen LogP contribution in [-0.4, -0.2) is 5.91 Å². The molecule has 0 saturated heterocycles. The lowest BCUT2D eigenvalue weighted by atomic mass is 10.1. The molecule has 3 nitrogen and oxygen atoms in total. The van der Waals surface area contributed by atoms with Gasteiger partial charge in [-0.1, -0.05) is 46.3 Å². The molecule has 0 bridgehead atoms. The van der Waals surface area contributed by atoms with Gasteiger partial charge >= 0.3 is 0 Å². The Bertz CT molecular complexity index is 647. The Hall–Kier alpha value is -2.12. The number of carbonyl (C=O) groups excluding carboxylic acids is 1. The third-order valence-corrected chi connectivity index (χ3v) is 3.35. The molecular weight excluding hydrogens is 316 g/mol. The number of rotatable bonds is 4. The molecule has 0 aliphatic rings. The van der Waals surface area contributed by atoms with Gasteiger partial charge in [0.15, 0.2) is 0 Å². The van der Waals surface area contributed by atoms with Gasteiger partial charge in [0.05, 0.1) is 11.3 Å². The van der Waals surface area contributed by atoms with Crippen LogP contribution in [0.3, 0.4) is 0 Å². The number of hydrogen-bond acceptors (Lipinski definition) is 2. The number of nitrogens with one attached hydrogen (secondary N) is 1. The number of benzene rings is 2. The minimum atomic E-state index is -0.0901. The van der Waals surface area contributed by atoms with Crippen LogP contribution in [0.4, 0.5) is 5.69 Å². The zero-order valence-electron chi connectivity index (χ0n) is 10.8. The molecular formula is C16H13BrN2O. The summed E-state index contributed by atoms with van der Waals surface area (Å²) in [6.07, 6.45) is 1.08. The monoisotopic (exact) mass is 328 g/mol. The predicted octanol–water partition coefficient (Wildman–Crippen LogP) is 3.89. The molecule has 20 heavy (non-hydrogen) atoms. The lowest BCUT2D eigenvalue weighted by Gasteiger charge is -2.07. The number of aryl methyl sites for hydroxylation is 1. The minimum Gasteiger partial charge on any atom is -0.325 e. The van der Waals surface area contributed by atoms with Crippen molar-refractivity contribution in [2.24, 2.45) is 0 Å². The van der Waals surface area contributed by atoms with Crippen LogP contribution in [0.5, 0.6) is 0 Å². The molecule has 0 spiro atoms. The largest absolute Gasteiger partial charge is 0.325 e. The van der Waals surface area contributed by atoms with Gasteiger partial charge in [0.25, 0.3) is 0 Å². The summed E-state index contributed by atoms with van der Waals surface area (Å²) in [5.74, 6) is -0.0901. The van der Waals surface area contributed by atoms with Gasteiger partial charge in [-0.15, -0.1) is 0 Å². The summed E-state index contributed by atoms with van der Waals surface area (Å²) < 4.78 is 0.816. The predicted molar refractivity (Wildman–Crippen MR) is 82.2 cm³/mol. The second-order valence-electron chi connectivity index (χ2n) is 4.34. The van der Waals surface area contributed by atoms with E-state index in [-0.39, 0.29) is 5.91 Å². The first-order valence-electron chi connectivity index (χ1n) is 6.22. The maximum absolute atomic E-state index is 11.9. The van der Waals surface area contributed by atoms with Crippen molar-refractivity contribution in [1.29, 1.82) is 5.26 Å². The molecule has 0 aliphatic carbocycles. The van der Waals surface area contributed by atoms with Crippen molar-refractivity contribution in [1.82, 2.24) is 0 Å². The molecule has 0 aliphatic heterocycles. The van der Waals surface area contributed by atoms with E-state index in [2.05, 4.69) is 27.3 Å². The van der Waals surface area contributed by atoms with Crippen LogP contribution in [0, 0.1) is 11.3 Å². The molecule has 0 heterocycles. The highest BCUT2D eigenvalue weighted by Crippen LogP contribution is 2.20. The molecule has 2 aromatic rings. The lowest BCUT2D eigenvalue weighted by molar-refractivity contribution is -0.116. The molecule has 0 aromatic heterocycles. The Morgan fingerprint density at radius 2 is 1.95 bits per heavy atom. The quantitative estimate of drug-likeness (QED) is 0.925. The zero-order chi connectivity index (χ0) is 14.4. The van der Waals surface area contributed by atoms with E-state index in [1.807, 2.05) is 30.3 Å². The van der Waals surface area contributed by atoms with Crippen molar-refractivity contribution < 1.29 is 4.79 Å². The van der Waals surface area contributed by atoms with Crippen LogP contribution in [0.2, 0.25) is 0 Å². The van der Waals surface area contributed by atoms with Crippen LogP contribution in [0.25, 0.3) is 0 Å². The van der Waals surface area contributed by atoms with Crippen molar-refractivity contribution in [3.05, 3.63) is 64.1 Å². The SMILES string of the molecule is N#Cc1cc(Br)ccc1NC(=O)CCc1ccccc1. The van der Waals surface area contributed by atoms with Crippen molar-refractivity contribution >= 4 is 27.5 Å². The van der Waals surface area contributed by atoms with Crippen LogP contribution < -0.4 is 5.32 Å². The fraction of sp³-hybridized carbons (Fsp3) is 0.125. The number of carbonyl (C=O) groups is 1. The zero-order valence-corrected chi connectivity index (χ0v) is 12.4. The van der Waals surface area contributed by atoms with Gasteiger partial charge in [-0.25, -0.2) is 0 Å². The van der Waals surface area contributed by atoms with Crippen molar-refractivity contribution in [2.45, 2.75) is 12.8 Å². The topological polar surface area (TPSA) is 52.9 Å². The summed E-state index contributed by atoms with van der Waals surface area (Å²) in [5.41, 5.74) is 2.13. The van der Waals surface area contributed by atoms with E-state index in [9.17, 15) is 4.79 Å². The Kier molecular flexibility index (Phi) is 4.91. The number of halogens is 1. The van der Waals surface area contributed by atoms with Crippen LogP contribution in [0.15, 0.2) is 53.0 Å². The number of hydrogen-bond donors (Lipinski definition) is 1. The fourth-order valence-electron chi connectivity index (χ4n) is 1.83. The van der Waals surface area contributed by atoms with Gasteiger partial charge in [-0.05, 0) is 30.2 Å². The highest BCUT2D eigenvalue weighted by molar-refractivity contribution is 9.10. The molecule has 0 saturated carbocycles. The maximum atomic E-state index is 11.9. The van der Waals surface area contributed by atoms with E-state index in [4.69, 9.17) is 5.26 Å². The van der Waals surface area contributed by atoms with Gasteiger partial charge in [-0.3, -0.25) is 4.79 Å². The molecule has 2 aromatic carbocycles. The minimum absolute atomic E-state index is 0.0901. The average molecular weight is 329 g/mol. The Morgan fingerprint density at radius 3 is 2.65 bits per heavy atom. The maximum Gasteiger partial charge on any atom is 0.224 e. The summed E-state index contributed by atoms with van der Waals surface area (Å²) in [6.45, 7) is 0. The first kappa shape index (κ1) is 14.3. The number of anilines is 1. The third kappa shape index (κ3) is 3.94. The van der Waals surface area contributed by atoms with Gasteiger partial charge in [0.1, 0.15) is 6.07 Å². The molecule has 0 unspecified atom stereocenters. The normalized spacial score (nSPS) is 9.80. The van der Waals surface area contributed by atoms with Gasteiger partial charge in [0, 0.05) is 10.9 Å². The third-order valence-electron chi connectivity index (χ3n) is 2.86. The van der Waals surface area contributed by atoms with Crippen LogP contribution in [-0.2, 0) is 11.2 Å². The first-order chi connectivity index (χ1) is 9.69. The summed E-state index contributed by atoms with van der Waals surface area (Å²) in [4.78, 5) is 11.9. The average Bonchev–Trinajstić information content (AvgIpc) is 2.48. The van der Waals surface area contributed by atoms with Crippen molar-refractivity contribution in [2.75, 3.05) is 5.32 Å². The molecule has 4 heteroatoms. The van der Waals surface area contributed by atoms with Gasteiger partial charge in [0.2, 0.25) is 5.91 Å². The van der Waals surface area contributed by atoms with Gasteiger partial charge in [-0.2, -0.15) is 5.26 Å². The second-order valence-corrected chi connectivity index (χ2v) is 5.25. The van der Waals surface area contributed by atoms with E-state index in [0.29, 0.717) is 24.1 Å². The smallest absolute Gasteiger partial charge is 0.224 e. The van der Waals surface area contributed by atoms with Crippen LogP contribution in [0.1, 0.15) is 17.5 Å². The van der Waals surface area contributed by atoms with Crippen molar-refractivity contribution in [3.8, 4) is 6.07 Å². The molecule has 0 atom stereocenters. The van der Waals surface area contributed by atoms with Gasteiger partial charge < -0.3 is 5.32 Å². The molecule has 1 amide bonds. The Labute approximate surface area is 126 Å². The molecule has 100 valence electrons. The Balaban J connectivity index is 1.97. The molecule has 0 radical (unpaired) electrons. The van der Waals surface area contributed by atoms with E-state index in [1.165, 1.54) is 0 Å². The number of amides is 1. The number of nitrogens with zero attached hydrogens (tertiary/aromatic N) is 1.